The Labute approximate surface area is 163 Å². The van der Waals surface area contributed by atoms with E-state index in [4.69, 9.17) is 12.2 Å². The van der Waals surface area contributed by atoms with Crippen LogP contribution in [0.3, 0.4) is 0 Å². The fraction of sp³-hybridized carbons (Fsp3) is 0.350. The van der Waals surface area contributed by atoms with E-state index in [0.717, 1.165) is 42.4 Å². The van der Waals surface area contributed by atoms with E-state index < -0.39 is 0 Å². The van der Waals surface area contributed by atoms with Gasteiger partial charge in [0.25, 0.3) is 5.91 Å². The van der Waals surface area contributed by atoms with E-state index in [0.29, 0.717) is 23.9 Å². The smallest absolute Gasteiger partial charge is 0.276 e. The van der Waals surface area contributed by atoms with E-state index in [1.807, 2.05) is 52.9 Å². The number of benzene rings is 1. The van der Waals surface area contributed by atoms with Crippen LogP contribution in [0, 0.1) is 0 Å². The van der Waals surface area contributed by atoms with Gasteiger partial charge in [0.2, 0.25) is 5.91 Å². The number of nitrogens with one attached hydrogen (secondary N) is 1. The molecule has 1 aromatic heterocycles. The van der Waals surface area contributed by atoms with Crippen LogP contribution < -0.4 is 5.32 Å². The molecule has 2 aliphatic heterocycles. The molecule has 7 heteroatoms. The van der Waals surface area contributed by atoms with Gasteiger partial charge >= 0.3 is 0 Å². The first-order valence-electron chi connectivity index (χ1n) is 9.28. The highest BCUT2D eigenvalue weighted by Gasteiger charge is 2.29. The fourth-order valence-electron chi connectivity index (χ4n) is 3.75. The minimum absolute atomic E-state index is 0.118. The number of likely N-dealkylation sites (N-methyl/N-ethyl adjacent to an activating group) is 1. The van der Waals surface area contributed by atoms with Crippen LogP contribution >= 0.6 is 12.2 Å². The summed E-state index contributed by atoms with van der Waals surface area (Å²) < 4.78 is 1.97. The van der Waals surface area contributed by atoms with Crippen LogP contribution in [-0.2, 0) is 16.1 Å². The summed E-state index contributed by atoms with van der Waals surface area (Å²) in [5, 5.41) is 4.44. The van der Waals surface area contributed by atoms with Gasteiger partial charge in [-0.2, -0.15) is 0 Å². The monoisotopic (exact) mass is 382 g/mol. The second-order valence-corrected chi connectivity index (χ2v) is 7.24. The minimum Gasteiger partial charge on any atom is -0.341 e. The molecule has 2 fully saturated rings. The SMILES string of the molecule is CCN1C(=O)/C(=C/c2cn(CC(=O)N3CCCC3)c3ccccc23)NC1=S. The molecule has 0 aliphatic carbocycles. The molecule has 0 atom stereocenters. The summed E-state index contributed by atoms with van der Waals surface area (Å²) in [5.41, 5.74) is 2.35. The number of aromatic nitrogens is 1. The van der Waals surface area contributed by atoms with Gasteiger partial charge in [-0.25, -0.2) is 0 Å². The molecule has 0 unspecified atom stereocenters. The van der Waals surface area contributed by atoms with Crippen molar-refractivity contribution in [1.82, 2.24) is 19.7 Å². The molecule has 0 bridgehead atoms. The van der Waals surface area contributed by atoms with Crippen LogP contribution in [0.15, 0.2) is 36.2 Å². The summed E-state index contributed by atoms with van der Waals surface area (Å²) in [7, 11) is 0. The topological polar surface area (TPSA) is 57.6 Å². The van der Waals surface area contributed by atoms with E-state index in [1.165, 1.54) is 4.90 Å². The highest BCUT2D eigenvalue weighted by molar-refractivity contribution is 7.80. The summed E-state index contributed by atoms with van der Waals surface area (Å²) in [4.78, 5) is 28.5. The molecule has 2 aliphatic rings. The van der Waals surface area contributed by atoms with Gasteiger partial charge in [-0.3, -0.25) is 14.5 Å². The van der Waals surface area contributed by atoms with Crippen LogP contribution in [0.4, 0.5) is 0 Å². The maximum Gasteiger partial charge on any atom is 0.276 e. The number of fused-ring (bicyclic) bond motifs is 1. The summed E-state index contributed by atoms with van der Waals surface area (Å²) in [5.74, 6) is 0.0216. The maximum atomic E-state index is 12.6. The Morgan fingerprint density at radius 3 is 2.70 bits per heavy atom. The lowest BCUT2D eigenvalue weighted by Gasteiger charge is -2.15. The first-order valence-corrected chi connectivity index (χ1v) is 9.69. The fourth-order valence-corrected chi connectivity index (χ4v) is 4.07. The first kappa shape index (κ1) is 17.7. The van der Waals surface area contributed by atoms with Crippen molar-refractivity contribution in [3.8, 4) is 0 Å². The zero-order valence-corrected chi connectivity index (χ0v) is 16.1. The van der Waals surface area contributed by atoms with Crippen molar-refractivity contribution in [1.29, 1.82) is 0 Å². The van der Waals surface area contributed by atoms with Gasteiger partial charge in [0.1, 0.15) is 12.2 Å². The van der Waals surface area contributed by atoms with Gasteiger partial charge in [0.15, 0.2) is 5.11 Å². The lowest BCUT2D eigenvalue weighted by molar-refractivity contribution is -0.130. The summed E-state index contributed by atoms with van der Waals surface area (Å²) >= 11 is 5.23. The number of carbonyl (C=O) groups is 2. The second kappa shape index (κ2) is 7.15. The maximum absolute atomic E-state index is 12.6. The molecule has 2 amide bonds. The number of carbonyl (C=O) groups excluding carboxylic acids is 2. The van der Waals surface area contributed by atoms with Crippen molar-refractivity contribution < 1.29 is 9.59 Å². The molecule has 0 spiro atoms. The van der Waals surface area contributed by atoms with Crippen LogP contribution in [0.5, 0.6) is 0 Å². The summed E-state index contributed by atoms with van der Waals surface area (Å²) in [6.07, 6.45) is 5.93. The van der Waals surface area contributed by atoms with E-state index >= 15 is 0 Å². The molecule has 0 radical (unpaired) electrons. The molecular weight excluding hydrogens is 360 g/mol. The van der Waals surface area contributed by atoms with Crippen LogP contribution in [0.2, 0.25) is 0 Å². The molecule has 6 nitrogen and oxygen atoms in total. The standard InChI is InChI=1S/C20H22N4O2S/c1-2-24-19(26)16(21-20(24)27)11-14-12-23(17-8-4-3-7-15(14)17)13-18(25)22-9-5-6-10-22/h3-4,7-8,11-12H,2,5-6,9-10,13H2,1H3,(H,21,27)/b16-11-. The number of hydrogen-bond acceptors (Lipinski definition) is 3. The van der Waals surface area contributed by atoms with Gasteiger partial charge in [-0.15, -0.1) is 0 Å². The average Bonchev–Trinajstić information content (AvgIpc) is 3.36. The van der Waals surface area contributed by atoms with Gasteiger partial charge in [0.05, 0.1) is 0 Å². The largest absolute Gasteiger partial charge is 0.341 e. The first-order chi connectivity index (χ1) is 13.1. The highest BCUT2D eigenvalue weighted by Crippen LogP contribution is 2.25. The van der Waals surface area contributed by atoms with Crippen molar-refractivity contribution in [2.75, 3.05) is 19.6 Å². The Morgan fingerprint density at radius 2 is 2.00 bits per heavy atom. The zero-order chi connectivity index (χ0) is 19.0. The molecule has 2 aromatic rings. The lowest BCUT2D eigenvalue weighted by Crippen LogP contribution is -2.30. The average molecular weight is 382 g/mol. The van der Waals surface area contributed by atoms with Gasteiger partial charge in [-0.1, -0.05) is 18.2 Å². The third-order valence-corrected chi connectivity index (χ3v) is 5.48. The van der Waals surface area contributed by atoms with Crippen molar-refractivity contribution in [2.24, 2.45) is 0 Å². The molecule has 2 saturated heterocycles. The Morgan fingerprint density at radius 1 is 1.26 bits per heavy atom. The quantitative estimate of drug-likeness (QED) is 0.651. The third-order valence-electron chi connectivity index (χ3n) is 5.16. The van der Waals surface area contributed by atoms with Crippen LogP contribution in [0.1, 0.15) is 25.3 Å². The predicted octanol–water partition coefficient (Wildman–Crippen LogP) is 2.34. The number of rotatable bonds is 4. The Bertz CT molecular complexity index is 956. The molecule has 1 N–H and O–H groups in total. The molecular formula is C20H22N4O2S. The van der Waals surface area contributed by atoms with E-state index in [1.54, 1.807) is 0 Å². The van der Waals surface area contributed by atoms with Crippen molar-refractivity contribution in [3.05, 3.63) is 41.7 Å². The summed E-state index contributed by atoms with van der Waals surface area (Å²) in [6, 6.07) is 7.93. The number of amides is 2. The Balaban J connectivity index is 1.68. The number of nitrogens with zero attached hydrogens (tertiary/aromatic N) is 3. The molecule has 27 heavy (non-hydrogen) atoms. The second-order valence-electron chi connectivity index (χ2n) is 6.85. The Hall–Kier alpha value is -2.67. The van der Waals surface area contributed by atoms with Gasteiger partial charge in [0, 0.05) is 42.3 Å². The van der Waals surface area contributed by atoms with Crippen LogP contribution in [-0.4, -0.2) is 50.9 Å². The van der Waals surface area contributed by atoms with Crippen molar-refractivity contribution in [3.63, 3.8) is 0 Å². The zero-order valence-electron chi connectivity index (χ0n) is 15.3. The highest BCUT2D eigenvalue weighted by atomic mass is 32.1. The predicted molar refractivity (Wildman–Crippen MR) is 109 cm³/mol. The number of likely N-dealkylation sites (tertiary alicyclic amines) is 1. The lowest BCUT2D eigenvalue weighted by atomic mass is 10.1. The van der Waals surface area contributed by atoms with Gasteiger partial charge in [-0.05, 0) is 44.1 Å². The third kappa shape index (κ3) is 3.23. The molecule has 1 aromatic carbocycles. The number of hydrogen-bond donors (Lipinski definition) is 1. The van der Waals surface area contributed by atoms with Crippen LogP contribution in [0.25, 0.3) is 17.0 Å². The molecule has 3 heterocycles. The molecule has 0 saturated carbocycles. The molecule has 4 rings (SSSR count). The molecule has 140 valence electrons. The van der Waals surface area contributed by atoms with E-state index in [9.17, 15) is 9.59 Å². The van der Waals surface area contributed by atoms with E-state index in [2.05, 4.69) is 5.32 Å². The van der Waals surface area contributed by atoms with E-state index in [-0.39, 0.29) is 11.8 Å². The summed E-state index contributed by atoms with van der Waals surface area (Å²) in [6.45, 7) is 4.43. The minimum atomic E-state index is -0.118. The van der Waals surface area contributed by atoms with Gasteiger partial charge < -0.3 is 14.8 Å². The number of thiocarbonyl (C=S) groups is 1. The number of para-hydroxylation sites is 1. The van der Waals surface area contributed by atoms with Crippen molar-refractivity contribution in [2.45, 2.75) is 26.3 Å². The van der Waals surface area contributed by atoms with Crippen molar-refractivity contribution >= 4 is 46.1 Å². The Kier molecular flexibility index (Phi) is 4.70. The normalized spacial score (nSPS) is 18.8.